The zero-order valence-corrected chi connectivity index (χ0v) is 13.4. The van der Waals surface area contributed by atoms with Gasteiger partial charge in [-0.15, -0.1) is 11.3 Å². The Hall–Kier alpha value is -1.60. The van der Waals surface area contributed by atoms with Gasteiger partial charge >= 0.3 is 0 Å². The molecule has 0 fully saturated rings. The number of nitrogens with one attached hydrogen (secondary N) is 1. The van der Waals surface area contributed by atoms with Gasteiger partial charge in [0.05, 0.1) is 0 Å². The standard InChI is InChI=1S/C13H16N2O3S2/c1-8-5-6-15(4)13(16)12(8)14-20(17,18)11-7-9(2)19-10(11)3/h5-7,14H,1-4H3. The summed E-state index contributed by atoms with van der Waals surface area (Å²) in [5.41, 5.74) is 0.331. The minimum atomic E-state index is -3.74. The Morgan fingerprint density at radius 1 is 1.25 bits per heavy atom. The quantitative estimate of drug-likeness (QED) is 0.944. The molecule has 20 heavy (non-hydrogen) atoms. The van der Waals surface area contributed by atoms with Crippen LogP contribution in [0.2, 0.25) is 0 Å². The maximum atomic E-state index is 12.4. The largest absolute Gasteiger partial charge is 0.317 e. The topological polar surface area (TPSA) is 68.2 Å². The Kier molecular flexibility index (Phi) is 3.75. The maximum Gasteiger partial charge on any atom is 0.274 e. The van der Waals surface area contributed by atoms with Crippen LogP contribution in [0.4, 0.5) is 5.69 Å². The van der Waals surface area contributed by atoms with Crippen molar-refractivity contribution in [2.45, 2.75) is 25.7 Å². The van der Waals surface area contributed by atoms with E-state index in [1.807, 2.05) is 6.92 Å². The lowest BCUT2D eigenvalue weighted by Gasteiger charge is -2.10. The first-order chi connectivity index (χ1) is 9.22. The van der Waals surface area contributed by atoms with Crippen molar-refractivity contribution in [3.05, 3.63) is 44.0 Å². The van der Waals surface area contributed by atoms with Gasteiger partial charge in [0.1, 0.15) is 10.6 Å². The summed E-state index contributed by atoms with van der Waals surface area (Å²) >= 11 is 1.42. The van der Waals surface area contributed by atoms with Crippen LogP contribution in [0.1, 0.15) is 15.3 Å². The molecule has 2 heterocycles. The smallest absolute Gasteiger partial charge is 0.274 e. The van der Waals surface area contributed by atoms with Crippen LogP contribution in [0.3, 0.4) is 0 Å². The summed E-state index contributed by atoms with van der Waals surface area (Å²) in [6.45, 7) is 5.30. The second kappa shape index (κ2) is 5.06. The molecule has 1 N–H and O–H groups in total. The predicted molar refractivity (Wildman–Crippen MR) is 81.0 cm³/mol. The Balaban J connectivity index is 2.52. The summed E-state index contributed by atoms with van der Waals surface area (Å²) in [5, 5.41) is 0. The number of aryl methyl sites for hydroxylation is 4. The summed E-state index contributed by atoms with van der Waals surface area (Å²) in [5.74, 6) is 0. The number of rotatable bonds is 3. The van der Waals surface area contributed by atoms with Crippen LogP contribution in [-0.4, -0.2) is 13.0 Å². The van der Waals surface area contributed by atoms with E-state index in [9.17, 15) is 13.2 Å². The monoisotopic (exact) mass is 312 g/mol. The molecule has 0 bridgehead atoms. The van der Waals surface area contributed by atoms with E-state index in [0.717, 1.165) is 4.88 Å². The van der Waals surface area contributed by atoms with E-state index in [2.05, 4.69) is 4.72 Å². The van der Waals surface area contributed by atoms with Crippen LogP contribution in [0.5, 0.6) is 0 Å². The van der Waals surface area contributed by atoms with Crippen molar-refractivity contribution in [3.63, 3.8) is 0 Å². The van der Waals surface area contributed by atoms with Gasteiger partial charge in [-0.3, -0.25) is 9.52 Å². The number of sulfonamides is 1. The number of hydrogen-bond acceptors (Lipinski definition) is 4. The molecule has 7 heteroatoms. The van der Waals surface area contributed by atoms with Crippen LogP contribution in [-0.2, 0) is 17.1 Å². The Labute approximate surface area is 121 Å². The molecule has 0 radical (unpaired) electrons. The number of thiophene rings is 1. The summed E-state index contributed by atoms with van der Waals surface area (Å²) in [6.07, 6.45) is 1.61. The van der Waals surface area contributed by atoms with Gasteiger partial charge in [-0.05, 0) is 38.5 Å². The second-order valence-corrected chi connectivity index (χ2v) is 7.78. The van der Waals surface area contributed by atoms with Crippen molar-refractivity contribution in [2.24, 2.45) is 7.05 Å². The number of hydrogen-bond donors (Lipinski definition) is 1. The van der Waals surface area contributed by atoms with Crippen LogP contribution < -0.4 is 10.3 Å². The van der Waals surface area contributed by atoms with Gasteiger partial charge in [0.2, 0.25) is 0 Å². The molecule has 0 aliphatic rings. The van der Waals surface area contributed by atoms with Crippen molar-refractivity contribution in [2.75, 3.05) is 4.72 Å². The van der Waals surface area contributed by atoms with E-state index in [-0.39, 0.29) is 16.1 Å². The molecule has 2 rings (SSSR count). The molecule has 0 aliphatic carbocycles. The fraction of sp³-hybridized carbons (Fsp3) is 0.308. The molecule has 0 saturated heterocycles. The lowest BCUT2D eigenvalue weighted by Crippen LogP contribution is -2.25. The van der Waals surface area contributed by atoms with Crippen molar-refractivity contribution in [1.82, 2.24) is 4.57 Å². The molecule has 2 aromatic rings. The van der Waals surface area contributed by atoms with E-state index in [1.165, 1.54) is 15.9 Å². The van der Waals surface area contributed by atoms with Gasteiger partial charge in [-0.2, -0.15) is 0 Å². The molecule has 0 saturated carbocycles. The van der Waals surface area contributed by atoms with Gasteiger partial charge in [-0.25, -0.2) is 8.42 Å². The van der Waals surface area contributed by atoms with Crippen molar-refractivity contribution in [1.29, 1.82) is 0 Å². The highest BCUT2D eigenvalue weighted by atomic mass is 32.2. The molecule has 0 aliphatic heterocycles. The first-order valence-corrected chi connectivity index (χ1v) is 8.28. The molecule has 0 amide bonds. The first-order valence-electron chi connectivity index (χ1n) is 5.98. The molecule has 0 aromatic carbocycles. The maximum absolute atomic E-state index is 12.4. The van der Waals surface area contributed by atoms with Crippen molar-refractivity contribution < 1.29 is 8.42 Å². The van der Waals surface area contributed by atoms with Gasteiger partial charge in [-0.1, -0.05) is 0 Å². The lowest BCUT2D eigenvalue weighted by atomic mass is 10.2. The number of aromatic nitrogens is 1. The van der Waals surface area contributed by atoms with E-state index in [4.69, 9.17) is 0 Å². The third-order valence-electron chi connectivity index (χ3n) is 3.00. The normalized spacial score (nSPS) is 11.6. The van der Waals surface area contributed by atoms with Gasteiger partial charge in [0.25, 0.3) is 15.6 Å². The number of anilines is 1. The minimum absolute atomic E-state index is 0.0956. The summed E-state index contributed by atoms with van der Waals surface area (Å²) < 4.78 is 28.6. The average molecular weight is 312 g/mol. The Bertz CT molecular complexity index is 817. The number of nitrogens with zero attached hydrogens (tertiary/aromatic N) is 1. The third-order valence-corrected chi connectivity index (χ3v) is 5.57. The second-order valence-electron chi connectivity index (χ2n) is 4.67. The Morgan fingerprint density at radius 3 is 2.45 bits per heavy atom. The highest BCUT2D eigenvalue weighted by Gasteiger charge is 2.21. The zero-order chi connectivity index (χ0) is 15.1. The van der Waals surface area contributed by atoms with Crippen LogP contribution >= 0.6 is 11.3 Å². The minimum Gasteiger partial charge on any atom is -0.317 e. The van der Waals surface area contributed by atoms with Gasteiger partial charge < -0.3 is 4.57 Å². The molecule has 0 spiro atoms. The SMILES string of the molecule is Cc1cc(S(=O)(=O)Nc2c(C)ccn(C)c2=O)c(C)s1. The van der Waals surface area contributed by atoms with Crippen molar-refractivity contribution >= 4 is 27.0 Å². The predicted octanol–water partition coefficient (Wildman–Crippen LogP) is 2.17. The molecule has 0 unspecified atom stereocenters. The first kappa shape index (κ1) is 14.8. The summed E-state index contributed by atoms with van der Waals surface area (Å²) in [4.78, 5) is 13.9. The molecular formula is C13H16N2O3S2. The fourth-order valence-corrected chi connectivity index (χ4v) is 4.59. The fourth-order valence-electron chi connectivity index (χ4n) is 1.91. The van der Waals surface area contributed by atoms with E-state index < -0.39 is 10.0 Å². The van der Waals surface area contributed by atoms with E-state index in [0.29, 0.717) is 10.4 Å². The van der Waals surface area contributed by atoms with Crippen LogP contribution in [0.15, 0.2) is 28.0 Å². The summed E-state index contributed by atoms with van der Waals surface area (Å²) in [6, 6.07) is 3.32. The van der Waals surface area contributed by atoms with E-state index >= 15 is 0 Å². The van der Waals surface area contributed by atoms with Crippen LogP contribution in [0, 0.1) is 20.8 Å². The molecular weight excluding hydrogens is 296 g/mol. The summed E-state index contributed by atoms with van der Waals surface area (Å²) in [7, 11) is -2.15. The lowest BCUT2D eigenvalue weighted by molar-refractivity contribution is 0.601. The van der Waals surface area contributed by atoms with Gasteiger partial charge in [0, 0.05) is 23.0 Å². The average Bonchev–Trinajstić information content (AvgIpc) is 2.70. The van der Waals surface area contributed by atoms with Crippen molar-refractivity contribution in [3.8, 4) is 0 Å². The number of pyridine rings is 1. The third kappa shape index (κ3) is 2.64. The highest BCUT2D eigenvalue weighted by Crippen LogP contribution is 2.26. The zero-order valence-electron chi connectivity index (χ0n) is 11.7. The van der Waals surface area contributed by atoms with Crippen LogP contribution in [0.25, 0.3) is 0 Å². The molecule has 2 aromatic heterocycles. The molecule has 0 atom stereocenters. The Morgan fingerprint density at radius 2 is 1.90 bits per heavy atom. The van der Waals surface area contributed by atoms with Gasteiger partial charge in [0.15, 0.2) is 0 Å². The van der Waals surface area contributed by atoms with E-state index in [1.54, 1.807) is 39.2 Å². The molecule has 5 nitrogen and oxygen atoms in total. The highest BCUT2D eigenvalue weighted by molar-refractivity contribution is 7.93. The molecule has 108 valence electrons.